The van der Waals surface area contributed by atoms with Crippen LogP contribution in [0.4, 0.5) is 0 Å². The van der Waals surface area contributed by atoms with Crippen LogP contribution < -0.4 is 0 Å². The van der Waals surface area contributed by atoms with Gasteiger partial charge < -0.3 is 0 Å². The van der Waals surface area contributed by atoms with E-state index in [4.69, 9.17) is 6.58 Å². The van der Waals surface area contributed by atoms with E-state index < -0.39 is 0 Å². The van der Waals surface area contributed by atoms with Crippen LogP contribution >= 0.6 is 0 Å². The third-order valence-corrected chi connectivity index (χ3v) is 1.76. The molecule has 0 saturated heterocycles. The molecule has 0 nitrogen and oxygen atoms in total. The van der Waals surface area contributed by atoms with Gasteiger partial charge in [0.05, 0.1) is 0 Å². The van der Waals surface area contributed by atoms with Crippen molar-refractivity contribution in [3.05, 3.63) is 12.7 Å². The number of hydrogen-bond acceptors (Lipinski definition) is 0. The molecule has 0 aliphatic carbocycles. The molecule has 0 heterocycles. The van der Waals surface area contributed by atoms with Crippen LogP contribution in [0.15, 0.2) is 6.08 Å². The Hall–Kier alpha value is -0.260. The second kappa shape index (κ2) is 5.87. The fourth-order valence-corrected chi connectivity index (χ4v) is 0.788. The van der Waals surface area contributed by atoms with Crippen LogP contribution in [0.1, 0.15) is 39.5 Å². The number of unbranched alkanes of at least 4 members (excludes halogenated alkanes) is 1. The van der Waals surface area contributed by atoms with E-state index in [0.29, 0.717) is 0 Å². The molecule has 0 aromatic rings. The third-order valence-electron chi connectivity index (χ3n) is 1.76. The zero-order chi connectivity index (χ0) is 7.11. The molecule has 0 aliphatic rings. The first-order chi connectivity index (χ1) is 4.31. The molecule has 53 valence electrons. The van der Waals surface area contributed by atoms with Gasteiger partial charge in [-0.15, -0.1) is 0 Å². The maximum atomic E-state index is 5.23. The minimum absolute atomic E-state index is 0.880. The predicted octanol–water partition coefficient (Wildman–Crippen LogP) is 3.19. The number of allylic oxidation sites excluding steroid dienone is 1. The van der Waals surface area contributed by atoms with E-state index in [9.17, 15) is 0 Å². The number of hydrogen-bond donors (Lipinski definition) is 0. The zero-order valence-corrected chi connectivity index (χ0v) is 6.56. The summed E-state index contributed by atoms with van der Waals surface area (Å²) < 4.78 is 0. The lowest BCUT2D eigenvalue weighted by Gasteiger charge is -2.04. The molecule has 0 spiro atoms. The van der Waals surface area contributed by atoms with Gasteiger partial charge in [-0.05, 0) is 18.8 Å². The standard InChI is InChI=1S/C9H17/c1-4-6-7-8-9(3)5-2/h1,4,9H,5-8H2,2-3H3. The molecule has 0 saturated carbocycles. The first-order valence-electron chi connectivity index (χ1n) is 3.84. The summed E-state index contributed by atoms with van der Waals surface area (Å²) >= 11 is 0. The van der Waals surface area contributed by atoms with Crippen LogP contribution in [0.25, 0.3) is 0 Å². The van der Waals surface area contributed by atoms with Gasteiger partial charge in [-0.3, -0.25) is 0 Å². The largest absolute Gasteiger partial charge is 0.0845 e. The van der Waals surface area contributed by atoms with E-state index in [-0.39, 0.29) is 0 Å². The first-order valence-corrected chi connectivity index (χ1v) is 3.84. The van der Waals surface area contributed by atoms with Crippen molar-refractivity contribution in [3.63, 3.8) is 0 Å². The zero-order valence-electron chi connectivity index (χ0n) is 6.56. The van der Waals surface area contributed by atoms with Crippen LogP contribution in [-0.2, 0) is 0 Å². The van der Waals surface area contributed by atoms with Crippen molar-refractivity contribution in [2.24, 2.45) is 5.92 Å². The van der Waals surface area contributed by atoms with Gasteiger partial charge in [-0.25, -0.2) is 0 Å². The van der Waals surface area contributed by atoms with Crippen LogP contribution in [0.2, 0.25) is 0 Å². The highest BCUT2D eigenvalue weighted by Crippen LogP contribution is 2.10. The van der Waals surface area contributed by atoms with E-state index >= 15 is 0 Å². The Morgan fingerprint density at radius 2 is 2.22 bits per heavy atom. The molecule has 1 unspecified atom stereocenters. The van der Waals surface area contributed by atoms with Crippen LogP contribution in [0.3, 0.4) is 0 Å². The van der Waals surface area contributed by atoms with Gasteiger partial charge in [-0.1, -0.05) is 39.3 Å². The van der Waals surface area contributed by atoms with Crippen molar-refractivity contribution >= 4 is 0 Å². The molecule has 0 N–H and O–H groups in total. The minimum Gasteiger partial charge on any atom is -0.0845 e. The van der Waals surface area contributed by atoms with Gasteiger partial charge in [0.2, 0.25) is 0 Å². The summed E-state index contributed by atoms with van der Waals surface area (Å²) in [6.07, 6.45) is 6.70. The highest BCUT2D eigenvalue weighted by molar-refractivity contribution is 4.62. The maximum absolute atomic E-state index is 5.23. The summed E-state index contributed by atoms with van der Waals surface area (Å²) in [6.45, 7) is 9.75. The summed E-state index contributed by atoms with van der Waals surface area (Å²) in [5.74, 6) is 0.880. The summed E-state index contributed by atoms with van der Waals surface area (Å²) in [7, 11) is 0. The Balaban J connectivity index is 2.96. The fraction of sp³-hybridized carbons (Fsp3) is 0.778. The maximum Gasteiger partial charge on any atom is -0.0348 e. The molecule has 0 bridgehead atoms. The lowest BCUT2D eigenvalue weighted by Crippen LogP contribution is -1.90. The second-order valence-corrected chi connectivity index (χ2v) is 2.68. The molecule has 0 aromatic heterocycles. The molecule has 0 rings (SSSR count). The van der Waals surface area contributed by atoms with Crippen molar-refractivity contribution in [2.45, 2.75) is 39.5 Å². The Labute approximate surface area is 59.0 Å². The minimum atomic E-state index is 0.880. The van der Waals surface area contributed by atoms with Crippen LogP contribution in [0, 0.1) is 12.5 Å². The summed E-state index contributed by atoms with van der Waals surface area (Å²) in [5.41, 5.74) is 0. The summed E-state index contributed by atoms with van der Waals surface area (Å²) in [6, 6.07) is 0. The molecule has 1 radical (unpaired) electrons. The average molecular weight is 125 g/mol. The van der Waals surface area contributed by atoms with Gasteiger partial charge in [-0.2, -0.15) is 0 Å². The van der Waals surface area contributed by atoms with Gasteiger partial charge in [0, 0.05) is 0 Å². The van der Waals surface area contributed by atoms with E-state index in [1.54, 1.807) is 6.08 Å². The van der Waals surface area contributed by atoms with Gasteiger partial charge in [0.1, 0.15) is 0 Å². The molecule has 0 heteroatoms. The predicted molar refractivity (Wildman–Crippen MR) is 42.2 cm³/mol. The number of rotatable bonds is 5. The third kappa shape index (κ3) is 5.61. The lowest BCUT2D eigenvalue weighted by molar-refractivity contribution is 0.498. The molecule has 9 heavy (non-hydrogen) atoms. The van der Waals surface area contributed by atoms with E-state index in [0.717, 1.165) is 12.3 Å². The van der Waals surface area contributed by atoms with Crippen molar-refractivity contribution in [2.75, 3.05) is 0 Å². The monoisotopic (exact) mass is 125 g/mol. The molecule has 0 aliphatic heterocycles. The van der Waals surface area contributed by atoms with Gasteiger partial charge >= 0.3 is 0 Å². The van der Waals surface area contributed by atoms with E-state index in [1.807, 2.05) is 0 Å². The highest BCUT2D eigenvalue weighted by atomic mass is 14.0. The van der Waals surface area contributed by atoms with Crippen molar-refractivity contribution in [3.8, 4) is 0 Å². The Morgan fingerprint density at radius 3 is 2.67 bits per heavy atom. The first kappa shape index (κ1) is 8.74. The topological polar surface area (TPSA) is 0 Å². The smallest absolute Gasteiger partial charge is 0.0348 e. The summed E-state index contributed by atoms with van der Waals surface area (Å²) in [4.78, 5) is 0. The fourth-order valence-electron chi connectivity index (χ4n) is 0.788. The molecular formula is C9H17. The second-order valence-electron chi connectivity index (χ2n) is 2.68. The molecule has 0 amide bonds. The normalized spacial score (nSPS) is 13.1. The quantitative estimate of drug-likeness (QED) is 0.495. The highest BCUT2D eigenvalue weighted by Gasteiger charge is 1.95. The van der Waals surface area contributed by atoms with Crippen molar-refractivity contribution < 1.29 is 0 Å². The van der Waals surface area contributed by atoms with Crippen LogP contribution in [0.5, 0.6) is 0 Å². The van der Waals surface area contributed by atoms with Crippen LogP contribution in [-0.4, -0.2) is 0 Å². The summed E-state index contributed by atoms with van der Waals surface area (Å²) in [5, 5.41) is 0. The Bertz CT molecular complexity index is 64.4. The van der Waals surface area contributed by atoms with Crippen molar-refractivity contribution in [1.29, 1.82) is 0 Å². The van der Waals surface area contributed by atoms with Gasteiger partial charge in [0.25, 0.3) is 0 Å². The molecule has 0 fully saturated rings. The molecule has 0 aromatic carbocycles. The van der Waals surface area contributed by atoms with E-state index in [2.05, 4.69) is 13.8 Å². The Kier molecular flexibility index (Phi) is 5.70. The molecule has 1 atom stereocenters. The SMILES string of the molecule is [CH]=CCCCC(C)CC. The average Bonchev–Trinajstić information content (AvgIpc) is 1.89. The van der Waals surface area contributed by atoms with Gasteiger partial charge in [0.15, 0.2) is 0 Å². The molecular weight excluding hydrogens is 108 g/mol. The van der Waals surface area contributed by atoms with Crippen molar-refractivity contribution in [1.82, 2.24) is 0 Å². The van der Waals surface area contributed by atoms with E-state index in [1.165, 1.54) is 19.3 Å². The lowest BCUT2D eigenvalue weighted by atomic mass is 10.0. The Morgan fingerprint density at radius 1 is 1.56 bits per heavy atom.